The second-order valence-corrected chi connectivity index (χ2v) is 3.48. The third-order valence-electron chi connectivity index (χ3n) is 1.79. The van der Waals surface area contributed by atoms with Crippen LogP contribution < -0.4 is 5.32 Å². The number of halogens is 1. The summed E-state index contributed by atoms with van der Waals surface area (Å²) in [6.07, 6.45) is 1.45. The van der Waals surface area contributed by atoms with Crippen LogP contribution in [0.25, 0.3) is 0 Å². The molecule has 0 unspecified atom stereocenters. The van der Waals surface area contributed by atoms with E-state index in [1.165, 1.54) is 6.26 Å². The minimum atomic E-state index is -0.413. The van der Waals surface area contributed by atoms with Gasteiger partial charge in [-0.25, -0.2) is 4.98 Å². The van der Waals surface area contributed by atoms with Crippen LogP contribution >= 0.6 is 11.6 Å². The van der Waals surface area contributed by atoms with Crippen LogP contribution in [0.5, 0.6) is 0 Å². The minimum Gasteiger partial charge on any atom is -0.432 e. The first-order chi connectivity index (χ1) is 7.65. The molecule has 0 saturated carbocycles. The number of nitrogens with one attached hydrogen (secondary N) is 1. The van der Waals surface area contributed by atoms with Gasteiger partial charge in [-0.15, -0.1) is 0 Å². The van der Waals surface area contributed by atoms with Crippen LogP contribution in [0, 0.1) is 6.92 Å². The molecule has 5 nitrogen and oxygen atoms in total. The van der Waals surface area contributed by atoms with Crippen molar-refractivity contribution in [3.8, 4) is 0 Å². The van der Waals surface area contributed by atoms with Gasteiger partial charge in [-0.05, 0) is 19.1 Å². The van der Waals surface area contributed by atoms with Gasteiger partial charge in [0.05, 0.1) is 5.69 Å². The van der Waals surface area contributed by atoms with E-state index in [2.05, 4.69) is 15.3 Å². The van der Waals surface area contributed by atoms with Crippen LogP contribution in [0.3, 0.4) is 0 Å². The van der Waals surface area contributed by atoms with Gasteiger partial charge in [0.25, 0.3) is 5.91 Å². The van der Waals surface area contributed by atoms with E-state index >= 15 is 0 Å². The topological polar surface area (TPSA) is 68.0 Å². The van der Waals surface area contributed by atoms with E-state index in [1.807, 2.05) is 0 Å². The SMILES string of the molecule is Cc1coc(NC(=O)c2cccc(Cl)n2)n1. The van der Waals surface area contributed by atoms with Crippen molar-refractivity contribution in [2.45, 2.75) is 6.92 Å². The highest BCUT2D eigenvalue weighted by atomic mass is 35.5. The molecule has 2 rings (SSSR count). The van der Waals surface area contributed by atoms with Gasteiger partial charge in [0, 0.05) is 0 Å². The second-order valence-electron chi connectivity index (χ2n) is 3.09. The number of carbonyl (C=O) groups is 1. The standard InChI is InChI=1S/C10H8ClN3O2/c1-6-5-16-10(12-6)14-9(15)7-3-2-4-8(11)13-7/h2-5H,1H3,(H,12,14,15). The van der Waals surface area contributed by atoms with Crippen molar-refractivity contribution in [3.05, 3.63) is 41.0 Å². The first-order valence-corrected chi connectivity index (χ1v) is 4.89. The zero-order valence-electron chi connectivity index (χ0n) is 8.40. The Kier molecular flexibility index (Phi) is 2.87. The molecule has 0 aromatic carbocycles. The minimum absolute atomic E-state index is 0.143. The molecule has 82 valence electrons. The molecule has 2 heterocycles. The van der Waals surface area contributed by atoms with Crippen LogP contribution in [0.2, 0.25) is 5.15 Å². The molecule has 0 saturated heterocycles. The Morgan fingerprint density at radius 2 is 2.25 bits per heavy atom. The second kappa shape index (κ2) is 4.32. The van der Waals surface area contributed by atoms with Gasteiger partial charge in [0.15, 0.2) is 0 Å². The summed E-state index contributed by atoms with van der Waals surface area (Å²) in [5.41, 5.74) is 0.901. The summed E-state index contributed by atoms with van der Waals surface area (Å²) in [6.45, 7) is 1.76. The molecule has 0 atom stereocenters. The van der Waals surface area contributed by atoms with Gasteiger partial charge >= 0.3 is 6.01 Å². The van der Waals surface area contributed by atoms with Crippen molar-refractivity contribution in [3.63, 3.8) is 0 Å². The molecule has 0 radical (unpaired) electrons. The van der Waals surface area contributed by atoms with Crippen molar-refractivity contribution in [1.82, 2.24) is 9.97 Å². The molecule has 0 aliphatic heterocycles. The third kappa shape index (κ3) is 2.38. The quantitative estimate of drug-likeness (QED) is 0.814. The fourth-order valence-corrected chi connectivity index (χ4v) is 1.27. The molecule has 2 aromatic rings. The number of aryl methyl sites for hydroxylation is 1. The molecule has 0 aliphatic carbocycles. The monoisotopic (exact) mass is 237 g/mol. The Bertz CT molecular complexity index is 524. The fourth-order valence-electron chi connectivity index (χ4n) is 1.11. The lowest BCUT2D eigenvalue weighted by atomic mass is 10.3. The maximum Gasteiger partial charge on any atom is 0.301 e. The number of oxazole rings is 1. The Balaban J connectivity index is 2.14. The highest BCUT2D eigenvalue weighted by Crippen LogP contribution is 2.09. The molecule has 0 fully saturated rings. The van der Waals surface area contributed by atoms with E-state index in [9.17, 15) is 4.79 Å². The Morgan fingerprint density at radius 1 is 1.44 bits per heavy atom. The molecule has 16 heavy (non-hydrogen) atoms. The molecule has 1 N–H and O–H groups in total. The molecular weight excluding hydrogens is 230 g/mol. The van der Waals surface area contributed by atoms with Crippen molar-refractivity contribution >= 4 is 23.5 Å². The molecule has 1 amide bonds. The molecule has 0 bridgehead atoms. The summed E-state index contributed by atoms with van der Waals surface area (Å²) in [4.78, 5) is 19.4. The van der Waals surface area contributed by atoms with Gasteiger partial charge in [0.2, 0.25) is 0 Å². The van der Waals surface area contributed by atoms with Gasteiger partial charge in [-0.3, -0.25) is 10.1 Å². The maximum atomic E-state index is 11.6. The summed E-state index contributed by atoms with van der Waals surface area (Å²) >= 11 is 5.67. The van der Waals surface area contributed by atoms with Gasteiger partial charge in [-0.1, -0.05) is 17.7 Å². The van der Waals surface area contributed by atoms with E-state index in [-0.39, 0.29) is 16.9 Å². The van der Waals surface area contributed by atoms with E-state index in [1.54, 1.807) is 25.1 Å². The molecule has 2 aromatic heterocycles. The largest absolute Gasteiger partial charge is 0.432 e. The third-order valence-corrected chi connectivity index (χ3v) is 2.00. The zero-order chi connectivity index (χ0) is 11.5. The van der Waals surface area contributed by atoms with E-state index in [0.29, 0.717) is 5.69 Å². The first-order valence-electron chi connectivity index (χ1n) is 4.51. The van der Waals surface area contributed by atoms with Crippen LogP contribution in [-0.2, 0) is 0 Å². The number of anilines is 1. The van der Waals surface area contributed by atoms with Crippen LogP contribution in [-0.4, -0.2) is 15.9 Å². The average molecular weight is 238 g/mol. The summed E-state index contributed by atoms with van der Waals surface area (Å²) in [5, 5.41) is 2.73. The van der Waals surface area contributed by atoms with E-state index in [4.69, 9.17) is 16.0 Å². The fraction of sp³-hybridized carbons (Fsp3) is 0.100. The predicted molar refractivity (Wildman–Crippen MR) is 58.4 cm³/mol. The normalized spacial score (nSPS) is 10.1. The van der Waals surface area contributed by atoms with E-state index < -0.39 is 5.91 Å². The lowest BCUT2D eigenvalue weighted by molar-refractivity contribution is 0.101. The lowest BCUT2D eigenvalue weighted by Crippen LogP contribution is -2.13. The van der Waals surface area contributed by atoms with Crippen LogP contribution in [0.1, 0.15) is 16.2 Å². The summed E-state index contributed by atoms with van der Waals surface area (Å²) in [6, 6.07) is 4.93. The lowest BCUT2D eigenvalue weighted by Gasteiger charge is -1.99. The van der Waals surface area contributed by atoms with Crippen LogP contribution in [0.15, 0.2) is 28.9 Å². The number of nitrogens with zero attached hydrogens (tertiary/aromatic N) is 2. The predicted octanol–water partition coefficient (Wildman–Crippen LogP) is 2.28. The number of pyridine rings is 1. The Hall–Kier alpha value is -1.88. The average Bonchev–Trinajstić information content (AvgIpc) is 2.64. The Morgan fingerprint density at radius 3 is 2.88 bits per heavy atom. The smallest absolute Gasteiger partial charge is 0.301 e. The number of hydrogen-bond acceptors (Lipinski definition) is 4. The van der Waals surface area contributed by atoms with Crippen molar-refractivity contribution in [1.29, 1.82) is 0 Å². The van der Waals surface area contributed by atoms with Crippen molar-refractivity contribution < 1.29 is 9.21 Å². The van der Waals surface area contributed by atoms with Crippen molar-refractivity contribution in [2.75, 3.05) is 5.32 Å². The summed E-state index contributed by atoms with van der Waals surface area (Å²) in [7, 11) is 0. The Labute approximate surface area is 96.5 Å². The van der Waals surface area contributed by atoms with E-state index in [0.717, 1.165) is 0 Å². The highest BCUT2D eigenvalue weighted by Gasteiger charge is 2.10. The van der Waals surface area contributed by atoms with Crippen molar-refractivity contribution in [2.24, 2.45) is 0 Å². The number of carbonyl (C=O) groups excluding carboxylic acids is 1. The number of hydrogen-bond donors (Lipinski definition) is 1. The number of amides is 1. The highest BCUT2D eigenvalue weighted by molar-refractivity contribution is 6.29. The van der Waals surface area contributed by atoms with Gasteiger partial charge in [0.1, 0.15) is 17.1 Å². The molecule has 0 aliphatic rings. The summed E-state index contributed by atoms with van der Waals surface area (Å²) < 4.78 is 4.98. The molecule has 0 spiro atoms. The number of rotatable bonds is 2. The first kappa shape index (κ1) is 10.6. The van der Waals surface area contributed by atoms with Gasteiger partial charge < -0.3 is 4.42 Å². The maximum absolute atomic E-state index is 11.6. The zero-order valence-corrected chi connectivity index (χ0v) is 9.15. The van der Waals surface area contributed by atoms with Gasteiger partial charge in [-0.2, -0.15) is 4.98 Å². The number of aromatic nitrogens is 2. The molecular formula is C10H8ClN3O2. The molecule has 6 heteroatoms. The van der Waals surface area contributed by atoms with Crippen LogP contribution in [0.4, 0.5) is 6.01 Å². The summed E-state index contributed by atoms with van der Waals surface area (Å²) in [5.74, 6) is -0.413.